The number of nitrogens with zero attached hydrogens (tertiary/aromatic N) is 2. The van der Waals surface area contributed by atoms with Crippen LogP contribution in [0.3, 0.4) is 0 Å². The predicted octanol–water partition coefficient (Wildman–Crippen LogP) is 1.04. The van der Waals surface area contributed by atoms with Gasteiger partial charge in [-0.3, -0.25) is 9.59 Å². The fourth-order valence-corrected chi connectivity index (χ4v) is 6.43. The molecule has 5 fully saturated rings. The molecule has 6 rings (SSSR count). The van der Waals surface area contributed by atoms with Crippen LogP contribution < -0.4 is 11.3 Å². The van der Waals surface area contributed by atoms with Crippen LogP contribution in [0.15, 0.2) is 11.0 Å². The zero-order chi connectivity index (χ0) is 18.6. The second-order valence-electron chi connectivity index (χ2n) is 9.15. The molecule has 4 bridgehead atoms. The highest BCUT2D eigenvalue weighted by Gasteiger charge is 2.53. The van der Waals surface area contributed by atoms with Gasteiger partial charge < -0.3 is 20.4 Å². The van der Waals surface area contributed by atoms with E-state index in [0.717, 1.165) is 42.8 Å². The van der Waals surface area contributed by atoms with E-state index in [2.05, 4.69) is 9.97 Å². The lowest BCUT2D eigenvalue weighted by molar-refractivity contribution is -0.0169. The molecular weight excluding hydrogens is 344 g/mol. The Bertz CT molecular complexity index is 769. The van der Waals surface area contributed by atoms with Crippen molar-refractivity contribution in [3.63, 3.8) is 0 Å². The number of aromatic amines is 1. The Hall–Kier alpha value is -1.73. The fourth-order valence-electron chi connectivity index (χ4n) is 6.43. The quantitative estimate of drug-likeness (QED) is 0.825. The van der Waals surface area contributed by atoms with Gasteiger partial charge in [0.15, 0.2) is 0 Å². The molecule has 1 atom stereocenters. The lowest BCUT2D eigenvalue weighted by Gasteiger charge is -2.56. The van der Waals surface area contributed by atoms with E-state index in [-0.39, 0.29) is 28.5 Å². The van der Waals surface area contributed by atoms with Crippen molar-refractivity contribution in [2.75, 3.05) is 26.2 Å². The summed E-state index contributed by atoms with van der Waals surface area (Å²) in [7, 11) is 0. The Kier molecular flexibility index (Phi) is 4.13. The molecule has 4 aliphatic carbocycles. The predicted molar refractivity (Wildman–Crippen MR) is 99.4 cm³/mol. The Labute approximate surface area is 158 Å². The van der Waals surface area contributed by atoms with Gasteiger partial charge in [0, 0.05) is 31.2 Å². The van der Waals surface area contributed by atoms with E-state index in [4.69, 9.17) is 10.5 Å². The van der Waals surface area contributed by atoms with E-state index in [1.165, 1.54) is 25.5 Å². The van der Waals surface area contributed by atoms with Gasteiger partial charge in [-0.1, -0.05) is 0 Å². The van der Waals surface area contributed by atoms with Gasteiger partial charge in [0.05, 0.1) is 12.7 Å². The molecule has 27 heavy (non-hydrogen) atoms. The van der Waals surface area contributed by atoms with Gasteiger partial charge >= 0.3 is 0 Å². The molecule has 2 heterocycles. The molecule has 1 amide bonds. The number of nitrogens with two attached hydrogens (primary N) is 1. The Morgan fingerprint density at radius 2 is 1.93 bits per heavy atom. The first-order chi connectivity index (χ1) is 13.1. The van der Waals surface area contributed by atoms with Gasteiger partial charge in [0.25, 0.3) is 11.5 Å². The van der Waals surface area contributed by atoms with E-state index >= 15 is 0 Å². The molecule has 146 valence electrons. The van der Waals surface area contributed by atoms with Gasteiger partial charge in [-0.25, -0.2) is 4.98 Å². The van der Waals surface area contributed by atoms with E-state index in [1.54, 1.807) is 4.90 Å². The number of hydrogen-bond donors (Lipinski definition) is 2. The van der Waals surface area contributed by atoms with Crippen LogP contribution in [0.1, 0.15) is 54.7 Å². The average molecular weight is 372 g/mol. The Balaban J connectivity index is 1.40. The van der Waals surface area contributed by atoms with Crippen LogP contribution in [-0.2, 0) is 10.2 Å². The zero-order valence-corrected chi connectivity index (χ0v) is 15.7. The summed E-state index contributed by atoms with van der Waals surface area (Å²) >= 11 is 0. The molecule has 5 aliphatic rings. The number of nitrogens with one attached hydrogen (secondary N) is 1. The molecule has 0 unspecified atom stereocenters. The Morgan fingerprint density at radius 1 is 1.26 bits per heavy atom. The van der Waals surface area contributed by atoms with Gasteiger partial charge in [-0.2, -0.15) is 0 Å². The summed E-state index contributed by atoms with van der Waals surface area (Å²) in [6.45, 7) is 1.71. The number of carbonyl (C=O) groups excluding carboxylic acids is 1. The number of hydrogen-bond acceptors (Lipinski definition) is 5. The number of aromatic nitrogens is 2. The monoisotopic (exact) mass is 372 g/mol. The summed E-state index contributed by atoms with van der Waals surface area (Å²) in [5.74, 6) is 2.88. The van der Waals surface area contributed by atoms with Crippen molar-refractivity contribution in [3.8, 4) is 0 Å². The summed E-state index contributed by atoms with van der Waals surface area (Å²) in [5.41, 5.74) is 5.50. The first-order valence-electron chi connectivity index (χ1n) is 10.3. The normalized spacial score (nSPS) is 37.6. The minimum atomic E-state index is -0.309. The van der Waals surface area contributed by atoms with Crippen molar-refractivity contribution in [1.29, 1.82) is 0 Å². The molecule has 0 aromatic carbocycles. The fraction of sp³-hybridized carbons (Fsp3) is 0.750. The number of morpholine rings is 1. The van der Waals surface area contributed by atoms with Crippen LogP contribution in [0, 0.1) is 17.8 Å². The lowest BCUT2D eigenvalue weighted by Crippen LogP contribution is -2.51. The highest BCUT2D eigenvalue weighted by atomic mass is 16.5. The summed E-state index contributed by atoms with van der Waals surface area (Å²) < 4.78 is 5.51. The first-order valence-corrected chi connectivity index (χ1v) is 10.3. The largest absolute Gasteiger partial charge is 0.373 e. The molecule has 1 aromatic rings. The molecule has 1 aliphatic heterocycles. The van der Waals surface area contributed by atoms with Gasteiger partial charge in [-0.05, 0) is 56.3 Å². The smallest absolute Gasteiger partial charge is 0.263 e. The molecule has 0 radical (unpaired) electrons. The Morgan fingerprint density at radius 3 is 2.52 bits per heavy atom. The van der Waals surface area contributed by atoms with Crippen LogP contribution in [0.5, 0.6) is 0 Å². The third-order valence-electron chi connectivity index (χ3n) is 7.26. The van der Waals surface area contributed by atoms with E-state index in [1.807, 2.05) is 0 Å². The molecule has 7 nitrogen and oxygen atoms in total. The van der Waals surface area contributed by atoms with Gasteiger partial charge in [0.2, 0.25) is 0 Å². The third kappa shape index (κ3) is 2.91. The summed E-state index contributed by atoms with van der Waals surface area (Å²) in [5, 5.41) is 0. The highest BCUT2D eigenvalue weighted by molar-refractivity contribution is 5.93. The van der Waals surface area contributed by atoms with E-state index < -0.39 is 0 Å². The number of amides is 1. The second kappa shape index (κ2) is 6.41. The van der Waals surface area contributed by atoms with Crippen LogP contribution in [0.4, 0.5) is 0 Å². The summed E-state index contributed by atoms with van der Waals surface area (Å²) in [6, 6.07) is 0. The number of ether oxygens (including phenoxy) is 1. The maximum Gasteiger partial charge on any atom is 0.263 e. The first kappa shape index (κ1) is 17.4. The summed E-state index contributed by atoms with van der Waals surface area (Å²) in [4.78, 5) is 34.9. The van der Waals surface area contributed by atoms with Crippen LogP contribution in [0.25, 0.3) is 0 Å². The van der Waals surface area contributed by atoms with E-state index in [0.29, 0.717) is 26.2 Å². The maximum absolute atomic E-state index is 12.8. The van der Waals surface area contributed by atoms with Crippen molar-refractivity contribution >= 4 is 5.91 Å². The molecule has 1 aromatic heterocycles. The van der Waals surface area contributed by atoms with Crippen LogP contribution in [-0.4, -0.2) is 53.1 Å². The maximum atomic E-state index is 12.8. The van der Waals surface area contributed by atoms with Gasteiger partial charge in [0.1, 0.15) is 11.4 Å². The SMILES string of the molecule is NC[C@@H]1CN(C(=O)c2cnc(C34CC5CC(CC(C5)C3)C4)[nH]c2=O)CCO1. The zero-order valence-electron chi connectivity index (χ0n) is 15.7. The third-order valence-corrected chi connectivity index (χ3v) is 7.26. The number of H-pyrrole nitrogens is 1. The number of carbonyl (C=O) groups is 1. The molecule has 0 spiro atoms. The minimum Gasteiger partial charge on any atom is -0.373 e. The van der Waals surface area contributed by atoms with Crippen LogP contribution >= 0.6 is 0 Å². The topological polar surface area (TPSA) is 101 Å². The number of rotatable bonds is 3. The van der Waals surface area contributed by atoms with Crippen molar-refractivity contribution in [2.45, 2.75) is 50.0 Å². The van der Waals surface area contributed by atoms with Crippen molar-refractivity contribution < 1.29 is 9.53 Å². The molecule has 7 heteroatoms. The van der Waals surface area contributed by atoms with Crippen LogP contribution in [0.2, 0.25) is 0 Å². The van der Waals surface area contributed by atoms with Crippen molar-refractivity contribution in [3.05, 3.63) is 27.9 Å². The second-order valence-corrected chi connectivity index (χ2v) is 9.15. The highest BCUT2D eigenvalue weighted by Crippen LogP contribution is 2.59. The van der Waals surface area contributed by atoms with Crippen molar-refractivity contribution in [2.24, 2.45) is 23.5 Å². The van der Waals surface area contributed by atoms with Crippen molar-refractivity contribution in [1.82, 2.24) is 14.9 Å². The standard InChI is InChI=1S/C20H28N4O3/c21-9-15-11-24(1-2-27-15)18(26)16-10-22-19(23-17(16)25)20-6-12-3-13(7-20)5-14(4-12)8-20/h10,12-15H,1-9,11,21H2,(H,22,23,25)/t12?,13?,14?,15-,20?/m1/s1. The summed E-state index contributed by atoms with van der Waals surface area (Å²) in [6.07, 6.45) is 8.78. The van der Waals surface area contributed by atoms with Gasteiger partial charge in [-0.15, -0.1) is 0 Å². The molecular formula is C20H28N4O3. The molecule has 1 saturated heterocycles. The minimum absolute atomic E-state index is 0.0269. The average Bonchev–Trinajstić information content (AvgIpc) is 2.66. The van der Waals surface area contributed by atoms with E-state index in [9.17, 15) is 9.59 Å². The molecule has 4 saturated carbocycles. The lowest BCUT2D eigenvalue weighted by atomic mass is 9.49. The molecule has 3 N–H and O–H groups in total.